The van der Waals surface area contributed by atoms with Gasteiger partial charge in [-0.25, -0.2) is 4.79 Å². The molecule has 0 N–H and O–H groups in total. The van der Waals surface area contributed by atoms with Gasteiger partial charge < -0.3 is 4.74 Å². The van der Waals surface area contributed by atoms with Gasteiger partial charge in [0.05, 0.1) is 12.5 Å². The van der Waals surface area contributed by atoms with E-state index in [0.717, 1.165) is 13.0 Å². The Morgan fingerprint density at radius 2 is 1.24 bits per heavy atom. The molecule has 0 aliphatic carbocycles. The smallest absolute Gasteiger partial charge is 0.342 e. The van der Waals surface area contributed by atoms with Gasteiger partial charge in [0.25, 0.3) is 0 Å². The van der Waals surface area contributed by atoms with E-state index in [-0.39, 0.29) is 12.1 Å². The Morgan fingerprint density at radius 3 is 1.83 bits per heavy atom. The molecule has 0 saturated heterocycles. The fraction of sp³-hybridized carbons (Fsp3) is 0.880. The highest BCUT2D eigenvalue weighted by atomic mass is 17.2. The van der Waals surface area contributed by atoms with E-state index in [9.17, 15) is 4.79 Å². The van der Waals surface area contributed by atoms with Crippen molar-refractivity contribution in [3.63, 3.8) is 0 Å². The van der Waals surface area contributed by atoms with Crippen LogP contribution in [0.3, 0.4) is 0 Å². The van der Waals surface area contributed by atoms with Gasteiger partial charge in [0.2, 0.25) is 0 Å². The van der Waals surface area contributed by atoms with Crippen LogP contribution in [0.4, 0.5) is 0 Å². The van der Waals surface area contributed by atoms with Crippen LogP contribution in [0.2, 0.25) is 0 Å². The summed E-state index contributed by atoms with van der Waals surface area (Å²) in [6, 6.07) is 0. The minimum absolute atomic E-state index is 0.0958. The number of rotatable bonds is 22. The van der Waals surface area contributed by atoms with Crippen LogP contribution < -0.4 is 0 Å². The highest BCUT2D eigenvalue weighted by Crippen LogP contribution is 2.10. The van der Waals surface area contributed by atoms with Gasteiger partial charge in [-0.3, -0.25) is 4.89 Å². The van der Waals surface area contributed by atoms with E-state index < -0.39 is 0 Å². The molecule has 0 fully saturated rings. The summed E-state index contributed by atoms with van der Waals surface area (Å²) < 4.78 is 5.57. The normalized spacial score (nSPS) is 11.6. The molecule has 0 radical (unpaired) electrons. The Kier molecular flexibility index (Phi) is 22.7. The zero-order chi connectivity index (χ0) is 21.4. The number of hydrogen-bond acceptors (Lipinski definition) is 4. The summed E-state index contributed by atoms with van der Waals surface area (Å²) in [5.74, 6) is -0.320. The minimum atomic E-state index is -0.320. The summed E-state index contributed by atoms with van der Waals surface area (Å²) in [6.07, 6.45) is 24.1. The number of carbonyl (C=O) groups excluding carboxylic acids is 1. The summed E-state index contributed by atoms with van der Waals surface area (Å²) in [7, 11) is 0. The first-order valence-electron chi connectivity index (χ1n) is 12.3. The minimum Gasteiger partial charge on any atom is -0.381 e. The van der Waals surface area contributed by atoms with Crippen molar-refractivity contribution in [2.75, 3.05) is 13.2 Å². The van der Waals surface area contributed by atoms with Gasteiger partial charge in [0.15, 0.2) is 0 Å². The SMILES string of the molecule is CCCCCCCC/C=C\CCCCCCCCOCCCC(=O)OOC(C)C. The van der Waals surface area contributed by atoms with Crippen molar-refractivity contribution in [1.29, 1.82) is 0 Å². The third-order valence-corrected chi connectivity index (χ3v) is 4.80. The first-order valence-corrected chi connectivity index (χ1v) is 12.3. The van der Waals surface area contributed by atoms with Crippen molar-refractivity contribution in [3.8, 4) is 0 Å². The molecule has 172 valence electrons. The van der Waals surface area contributed by atoms with Crippen LogP contribution in [-0.4, -0.2) is 25.3 Å². The van der Waals surface area contributed by atoms with Gasteiger partial charge in [0.1, 0.15) is 0 Å². The molecule has 0 bridgehead atoms. The van der Waals surface area contributed by atoms with Gasteiger partial charge in [-0.05, 0) is 52.4 Å². The van der Waals surface area contributed by atoms with Gasteiger partial charge in [-0.2, -0.15) is 4.89 Å². The van der Waals surface area contributed by atoms with Crippen molar-refractivity contribution in [3.05, 3.63) is 12.2 Å². The van der Waals surface area contributed by atoms with Crippen LogP contribution in [0.15, 0.2) is 12.2 Å². The molecule has 0 heterocycles. The fourth-order valence-electron chi connectivity index (χ4n) is 3.06. The molecular weight excluding hydrogens is 364 g/mol. The van der Waals surface area contributed by atoms with E-state index in [1.54, 1.807) is 0 Å². The molecular formula is C25H48O4. The van der Waals surface area contributed by atoms with Crippen LogP contribution >= 0.6 is 0 Å². The monoisotopic (exact) mass is 412 g/mol. The molecule has 0 aromatic heterocycles. The Balaban J connectivity index is 3.15. The Bertz CT molecular complexity index is 366. The summed E-state index contributed by atoms with van der Waals surface area (Å²) in [5.41, 5.74) is 0. The average Bonchev–Trinajstić information content (AvgIpc) is 2.70. The number of allylic oxidation sites excluding steroid dienone is 2. The Labute approximate surface area is 180 Å². The van der Waals surface area contributed by atoms with Crippen LogP contribution in [0.25, 0.3) is 0 Å². The second-order valence-electron chi connectivity index (χ2n) is 8.25. The highest BCUT2D eigenvalue weighted by molar-refractivity contribution is 5.68. The Morgan fingerprint density at radius 1 is 0.724 bits per heavy atom. The number of ether oxygens (including phenoxy) is 1. The van der Waals surface area contributed by atoms with Gasteiger partial charge in [0, 0.05) is 13.2 Å². The maximum atomic E-state index is 11.3. The first kappa shape index (κ1) is 28.1. The van der Waals surface area contributed by atoms with E-state index in [1.165, 1.54) is 83.5 Å². The third kappa shape index (κ3) is 25.1. The number of unbranched alkanes of at least 4 members (excludes halogenated alkanes) is 12. The molecule has 0 aromatic rings. The van der Waals surface area contributed by atoms with Crippen LogP contribution in [0, 0.1) is 0 Å². The summed E-state index contributed by atoms with van der Waals surface area (Å²) >= 11 is 0. The van der Waals surface area contributed by atoms with Crippen LogP contribution in [0.5, 0.6) is 0 Å². The van der Waals surface area contributed by atoms with E-state index >= 15 is 0 Å². The van der Waals surface area contributed by atoms with Crippen molar-refractivity contribution in [2.45, 2.75) is 130 Å². The van der Waals surface area contributed by atoms with Crippen molar-refractivity contribution >= 4 is 5.97 Å². The van der Waals surface area contributed by atoms with Crippen molar-refractivity contribution in [2.24, 2.45) is 0 Å². The molecule has 0 spiro atoms. The second kappa shape index (κ2) is 23.4. The molecule has 0 aliphatic rings. The van der Waals surface area contributed by atoms with Crippen LogP contribution in [0.1, 0.15) is 124 Å². The molecule has 0 aliphatic heterocycles. The predicted molar refractivity (Wildman–Crippen MR) is 122 cm³/mol. The zero-order valence-electron chi connectivity index (χ0n) is 19.6. The highest BCUT2D eigenvalue weighted by Gasteiger charge is 2.05. The van der Waals surface area contributed by atoms with Crippen LogP contribution in [-0.2, 0) is 19.3 Å². The van der Waals surface area contributed by atoms with Gasteiger partial charge in [-0.15, -0.1) is 0 Å². The molecule has 4 heteroatoms. The van der Waals surface area contributed by atoms with Gasteiger partial charge >= 0.3 is 5.97 Å². The van der Waals surface area contributed by atoms with Gasteiger partial charge in [-0.1, -0.05) is 76.9 Å². The average molecular weight is 413 g/mol. The number of carbonyl (C=O) groups is 1. The molecule has 29 heavy (non-hydrogen) atoms. The van der Waals surface area contributed by atoms with E-state index in [2.05, 4.69) is 24.0 Å². The summed E-state index contributed by atoms with van der Waals surface area (Å²) in [6.45, 7) is 7.32. The lowest BCUT2D eigenvalue weighted by molar-refractivity contribution is -0.291. The lowest BCUT2D eigenvalue weighted by Gasteiger charge is -2.06. The molecule has 0 rings (SSSR count). The molecule has 0 aromatic carbocycles. The lowest BCUT2D eigenvalue weighted by atomic mass is 10.1. The quantitative estimate of drug-likeness (QED) is 0.0790. The molecule has 4 nitrogen and oxygen atoms in total. The summed E-state index contributed by atoms with van der Waals surface area (Å²) in [5, 5.41) is 0. The first-order chi connectivity index (χ1) is 14.2. The van der Waals surface area contributed by atoms with E-state index in [1.807, 2.05) is 13.8 Å². The second-order valence-corrected chi connectivity index (χ2v) is 8.25. The van der Waals surface area contributed by atoms with Crippen molar-refractivity contribution < 1.29 is 19.3 Å². The van der Waals surface area contributed by atoms with Crippen molar-refractivity contribution in [1.82, 2.24) is 0 Å². The lowest BCUT2D eigenvalue weighted by Crippen LogP contribution is -2.11. The predicted octanol–water partition coefficient (Wildman–Crippen LogP) is 7.70. The zero-order valence-corrected chi connectivity index (χ0v) is 19.6. The standard InChI is InChI=1S/C25H48O4/c1-4-5-6-7-8-9-10-11-12-13-14-15-16-17-18-19-22-27-23-20-21-25(26)29-28-24(2)3/h11-12,24H,4-10,13-23H2,1-3H3/b12-11-. The molecule has 0 atom stereocenters. The maximum Gasteiger partial charge on any atom is 0.342 e. The topological polar surface area (TPSA) is 44.8 Å². The number of hydrogen-bond donors (Lipinski definition) is 0. The third-order valence-electron chi connectivity index (χ3n) is 4.80. The fourth-order valence-corrected chi connectivity index (χ4v) is 3.06. The largest absolute Gasteiger partial charge is 0.381 e. The molecule has 0 amide bonds. The van der Waals surface area contributed by atoms with E-state index in [0.29, 0.717) is 19.4 Å². The molecule has 0 unspecified atom stereocenters. The maximum absolute atomic E-state index is 11.3. The molecule has 0 saturated carbocycles. The Hall–Kier alpha value is -0.870. The summed E-state index contributed by atoms with van der Waals surface area (Å²) in [4.78, 5) is 20.8. The van der Waals surface area contributed by atoms with E-state index in [4.69, 9.17) is 9.62 Å².